The minimum absolute atomic E-state index is 0.0642. The molecule has 2 aromatic rings. The van der Waals surface area contributed by atoms with E-state index >= 15 is 0 Å². The molecule has 122 valence electrons. The van der Waals surface area contributed by atoms with Crippen LogP contribution in [0.15, 0.2) is 30.3 Å². The van der Waals surface area contributed by atoms with Gasteiger partial charge in [0.25, 0.3) is 0 Å². The molecule has 1 N–H and O–H groups in total. The van der Waals surface area contributed by atoms with E-state index in [-0.39, 0.29) is 30.0 Å². The summed E-state index contributed by atoms with van der Waals surface area (Å²) in [6, 6.07) is 2.77. The molecule has 0 heterocycles. The Labute approximate surface area is 125 Å². The second-order valence-electron chi connectivity index (χ2n) is 4.27. The molecule has 3 nitrogen and oxygen atoms in total. The van der Waals surface area contributed by atoms with Gasteiger partial charge in [-0.05, 0) is 24.3 Å². The molecule has 1 amide bonds. The van der Waals surface area contributed by atoms with Gasteiger partial charge in [0.2, 0.25) is 6.41 Å². The normalized spacial score (nSPS) is 11.2. The van der Waals surface area contributed by atoms with E-state index in [1.807, 2.05) is 5.32 Å². The van der Waals surface area contributed by atoms with E-state index in [1.54, 1.807) is 0 Å². The van der Waals surface area contributed by atoms with Crippen molar-refractivity contribution < 1.29 is 35.9 Å². The highest BCUT2D eigenvalue weighted by Gasteiger charge is 2.33. The SMILES string of the molecule is O=CNc1cc(F)ccc1Oc1c(F)cc(C(F)(F)F)cc1F. The number of halogens is 6. The second-order valence-corrected chi connectivity index (χ2v) is 4.27. The molecule has 0 unspecified atom stereocenters. The predicted molar refractivity (Wildman–Crippen MR) is 67.5 cm³/mol. The van der Waals surface area contributed by atoms with Gasteiger partial charge in [-0.15, -0.1) is 0 Å². The van der Waals surface area contributed by atoms with Crippen LogP contribution >= 0.6 is 0 Å². The first-order valence-electron chi connectivity index (χ1n) is 5.96. The third-order valence-corrected chi connectivity index (χ3v) is 2.69. The molecule has 0 saturated heterocycles. The molecule has 0 aromatic heterocycles. The number of rotatable bonds is 4. The van der Waals surface area contributed by atoms with E-state index < -0.39 is 34.9 Å². The lowest BCUT2D eigenvalue weighted by atomic mass is 10.2. The molecule has 0 radical (unpaired) electrons. The van der Waals surface area contributed by atoms with Crippen molar-refractivity contribution in [3.05, 3.63) is 53.3 Å². The molecule has 0 spiro atoms. The number of carbonyl (C=O) groups is 1. The van der Waals surface area contributed by atoms with Crippen LogP contribution in [0.2, 0.25) is 0 Å². The average Bonchev–Trinajstić information content (AvgIpc) is 2.44. The Hall–Kier alpha value is -2.71. The molecule has 2 aromatic carbocycles. The van der Waals surface area contributed by atoms with Crippen LogP contribution in [0.3, 0.4) is 0 Å². The van der Waals surface area contributed by atoms with E-state index in [0.717, 1.165) is 18.2 Å². The first-order chi connectivity index (χ1) is 10.7. The third kappa shape index (κ3) is 3.74. The summed E-state index contributed by atoms with van der Waals surface area (Å²) in [6.45, 7) is 0. The molecule has 0 aliphatic rings. The zero-order chi connectivity index (χ0) is 17.2. The van der Waals surface area contributed by atoms with Crippen LogP contribution in [0.5, 0.6) is 11.5 Å². The maximum Gasteiger partial charge on any atom is 0.416 e. The number of hydrogen-bond acceptors (Lipinski definition) is 2. The van der Waals surface area contributed by atoms with Gasteiger partial charge in [-0.25, -0.2) is 13.2 Å². The largest absolute Gasteiger partial charge is 0.449 e. The molecule has 0 aliphatic heterocycles. The molecule has 0 atom stereocenters. The van der Waals surface area contributed by atoms with Gasteiger partial charge in [0.1, 0.15) is 5.82 Å². The Balaban J connectivity index is 2.43. The number of hydrogen-bond donors (Lipinski definition) is 1. The summed E-state index contributed by atoms with van der Waals surface area (Å²) >= 11 is 0. The molecule has 0 bridgehead atoms. The van der Waals surface area contributed by atoms with Crippen molar-refractivity contribution in [2.75, 3.05) is 5.32 Å². The van der Waals surface area contributed by atoms with Gasteiger partial charge >= 0.3 is 6.18 Å². The Bertz CT molecular complexity index is 722. The van der Waals surface area contributed by atoms with Gasteiger partial charge in [-0.2, -0.15) is 13.2 Å². The highest BCUT2D eigenvalue weighted by Crippen LogP contribution is 2.37. The Morgan fingerprint density at radius 2 is 1.61 bits per heavy atom. The van der Waals surface area contributed by atoms with E-state index in [2.05, 4.69) is 0 Å². The summed E-state index contributed by atoms with van der Waals surface area (Å²) in [6.07, 6.45) is -4.76. The predicted octanol–water partition coefficient (Wildman–Crippen LogP) is 4.48. The van der Waals surface area contributed by atoms with Crippen molar-refractivity contribution in [3.63, 3.8) is 0 Å². The second kappa shape index (κ2) is 6.19. The van der Waals surface area contributed by atoms with Crippen LogP contribution in [0.4, 0.5) is 32.0 Å². The first-order valence-corrected chi connectivity index (χ1v) is 5.96. The van der Waals surface area contributed by atoms with Crippen LogP contribution in [0, 0.1) is 17.5 Å². The number of alkyl halides is 3. The highest BCUT2D eigenvalue weighted by atomic mass is 19.4. The van der Waals surface area contributed by atoms with E-state index in [4.69, 9.17) is 4.74 Å². The van der Waals surface area contributed by atoms with Crippen molar-refractivity contribution in [1.29, 1.82) is 0 Å². The fourth-order valence-corrected chi connectivity index (χ4v) is 1.70. The smallest absolute Gasteiger partial charge is 0.416 e. The number of carbonyl (C=O) groups excluding carboxylic acids is 1. The van der Waals surface area contributed by atoms with Crippen molar-refractivity contribution in [1.82, 2.24) is 0 Å². The maximum absolute atomic E-state index is 13.7. The number of amides is 1. The number of benzene rings is 2. The summed E-state index contributed by atoms with van der Waals surface area (Å²) < 4.78 is 82.6. The zero-order valence-electron chi connectivity index (χ0n) is 11.0. The van der Waals surface area contributed by atoms with Gasteiger partial charge in [0.15, 0.2) is 23.1 Å². The van der Waals surface area contributed by atoms with Crippen molar-refractivity contribution in [2.24, 2.45) is 0 Å². The third-order valence-electron chi connectivity index (χ3n) is 2.69. The van der Waals surface area contributed by atoms with Crippen LogP contribution < -0.4 is 10.1 Å². The Morgan fingerprint density at radius 3 is 2.13 bits per heavy atom. The number of nitrogens with one attached hydrogen (secondary N) is 1. The molecular formula is C14H7F6NO2. The van der Waals surface area contributed by atoms with Crippen LogP contribution in [0.25, 0.3) is 0 Å². The highest BCUT2D eigenvalue weighted by molar-refractivity contribution is 5.75. The maximum atomic E-state index is 13.7. The molecule has 23 heavy (non-hydrogen) atoms. The minimum atomic E-state index is -4.93. The van der Waals surface area contributed by atoms with Gasteiger partial charge < -0.3 is 10.1 Å². The standard InChI is InChI=1S/C14H7F6NO2/c15-8-1-2-12(11(5-8)21-6-22)23-13-9(16)3-7(4-10(13)17)14(18,19)20/h1-6H,(H,21,22). The fourth-order valence-electron chi connectivity index (χ4n) is 1.70. The van der Waals surface area contributed by atoms with E-state index in [0.29, 0.717) is 0 Å². The van der Waals surface area contributed by atoms with Crippen molar-refractivity contribution >= 4 is 12.1 Å². The zero-order valence-corrected chi connectivity index (χ0v) is 11.0. The molecule has 0 saturated carbocycles. The van der Waals surface area contributed by atoms with Crippen LogP contribution in [-0.4, -0.2) is 6.41 Å². The topological polar surface area (TPSA) is 38.3 Å². The summed E-state index contributed by atoms with van der Waals surface area (Å²) in [5, 5.41) is 2.04. The summed E-state index contributed by atoms with van der Waals surface area (Å²) in [5.74, 6) is -5.43. The van der Waals surface area contributed by atoms with Crippen molar-refractivity contribution in [2.45, 2.75) is 6.18 Å². The van der Waals surface area contributed by atoms with Crippen LogP contribution in [-0.2, 0) is 11.0 Å². The summed E-state index contributed by atoms with van der Waals surface area (Å²) in [7, 11) is 0. The van der Waals surface area contributed by atoms with Crippen molar-refractivity contribution in [3.8, 4) is 11.5 Å². The Kier molecular flexibility index (Phi) is 4.48. The molecular weight excluding hydrogens is 328 g/mol. The molecule has 0 fully saturated rings. The minimum Gasteiger partial charge on any atom is -0.449 e. The Morgan fingerprint density at radius 1 is 1.00 bits per heavy atom. The fraction of sp³-hybridized carbons (Fsp3) is 0.0714. The number of anilines is 1. The first kappa shape index (κ1) is 16.7. The monoisotopic (exact) mass is 335 g/mol. The van der Waals surface area contributed by atoms with Gasteiger partial charge in [0, 0.05) is 6.07 Å². The average molecular weight is 335 g/mol. The summed E-state index contributed by atoms with van der Waals surface area (Å²) in [5.41, 5.74) is -1.77. The molecule has 2 rings (SSSR count). The van der Waals surface area contributed by atoms with E-state index in [1.165, 1.54) is 0 Å². The lowest BCUT2D eigenvalue weighted by Gasteiger charge is -2.13. The van der Waals surface area contributed by atoms with Crippen LogP contribution in [0.1, 0.15) is 5.56 Å². The number of ether oxygens (including phenoxy) is 1. The van der Waals surface area contributed by atoms with Gasteiger partial charge in [0.05, 0.1) is 11.3 Å². The van der Waals surface area contributed by atoms with Gasteiger partial charge in [-0.1, -0.05) is 0 Å². The summed E-state index contributed by atoms with van der Waals surface area (Å²) in [4.78, 5) is 10.4. The lowest BCUT2D eigenvalue weighted by Crippen LogP contribution is -2.07. The molecule has 9 heteroatoms. The quantitative estimate of drug-likeness (QED) is 0.661. The molecule has 0 aliphatic carbocycles. The lowest BCUT2D eigenvalue weighted by molar-refractivity contribution is -0.138. The van der Waals surface area contributed by atoms with E-state index in [9.17, 15) is 31.1 Å². The van der Waals surface area contributed by atoms with Gasteiger partial charge in [-0.3, -0.25) is 4.79 Å².